The van der Waals surface area contributed by atoms with Gasteiger partial charge in [0.2, 0.25) is 16.0 Å². The summed E-state index contributed by atoms with van der Waals surface area (Å²) in [4.78, 5) is 11.1. The van der Waals surface area contributed by atoms with E-state index in [2.05, 4.69) is 14.7 Å². The molecular formula is C17H22N4O3S. The molecule has 8 heteroatoms. The van der Waals surface area contributed by atoms with Gasteiger partial charge in [-0.1, -0.05) is 17.7 Å². The maximum Gasteiger partial charge on any atom is 0.241 e. The van der Waals surface area contributed by atoms with Gasteiger partial charge in [0.15, 0.2) is 0 Å². The molecule has 25 heavy (non-hydrogen) atoms. The molecule has 2 heterocycles. The van der Waals surface area contributed by atoms with Crippen molar-refractivity contribution in [2.75, 3.05) is 31.2 Å². The molecule has 0 radical (unpaired) electrons. The van der Waals surface area contributed by atoms with Crippen molar-refractivity contribution in [3.63, 3.8) is 0 Å². The van der Waals surface area contributed by atoms with Crippen LogP contribution in [0.25, 0.3) is 0 Å². The van der Waals surface area contributed by atoms with Gasteiger partial charge in [-0.05, 0) is 31.5 Å². The zero-order chi connectivity index (χ0) is 17.9. The van der Waals surface area contributed by atoms with Crippen molar-refractivity contribution in [1.82, 2.24) is 14.7 Å². The summed E-state index contributed by atoms with van der Waals surface area (Å²) in [5, 5.41) is 0. The van der Waals surface area contributed by atoms with Crippen LogP contribution in [0.1, 0.15) is 16.8 Å². The van der Waals surface area contributed by atoms with E-state index in [0.29, 0.717) is 29.8 Å². The second kappa shape index (κ2) is 7.47. The molecule has 1 aliphatic heterocycles. The average Bonchev–Trinajstić information content (AvgIpc) is 2.61. The summed E-state index contributed by atoms with van der Waals surface area (Å²) in [6.45, 7) is 6.61. The molecule has 1 aliphatic rings. The van der Waals surface area contributed by atoms with Gasteiger partial charge in [0, 0.05) is 19.3 Å². The van der Waals surface area contributed by atoms with E-state index >= 15 is 0 Å². The Hall–Kier alpha value is -2.03. The van der Waals surface area contributed by atoms with Gasteiger partial charge in [0.1, 0.15) is 0 Å². The number of nitrogens with one attached hydrogen (secondary N) is 1. The zero-order valence-electron chi connectivity index (χ0n) is 14.4. The first-order valence-corrected chi connectivity index (χ1v) is 9.65. The van der Waals surface area contributed by atoms with E-state index in [1.165, 1.54) is 0 Å². The molecule has 1 fully saturated rings. The van der Waals surface area contributed by atoms with Crippen LogP contribution in [0.2, 0.25) is 0 Å². The van der Waals surface area contributed by atoms with Crippen molar-refractivity contribution in [3.05, 3.63) is 47.3 Å². The summed E-state index contributed by atoms with van der Waals surface area (Å²) in [5.41, 5.74) is 2.39. The smallest absolute Gasteiger partial charge is 0.241 e. The highest BCUT2D eigenvalue weighted by molar-refractivity contribution is 7.89. The Morgan fingerprint density at radius 3 is 2.68 bits per heavy atom. The van der Waals surface area contributed by atoms with Gasteiger partial charge in [0.05, 0.1) is 30.3 Å². The van der Waals surface area contributed by atoms with Gasteiger partial charge in [-0.25, -0.2) is 23.1 Å². The highest BCUT2D eigenvalue weighted by Crippen LogP contribution is 2.17. The second-order valence-electron chi connectivity index (χ2n) is 6.04. The Morgan fingerprint density at radius 2 is 1.96 bits per heavy atom. The van der Waals surface area contributed by atoms with E-state index in [4.69, 9.17) is 4.74 Å². The van der Waals surface area contributed by atoms with Crippen LogP contribution < -0.4 is 9.62 Å². The molecular weight excluding hydrogens is 340 g/mol. The summed E-state index contributed by atoms with van der Waals surface area (Å²) in [6, 6.07) is 7.00. The third kappa shape index (κ3) is 4.33. The fourth-order valence-corrected chi connectivity index (χ4v) is 3.97. The van der Waals surface area contributed by atoms with E-state index < -0.39 is 10.0 Å². The topological polar surface area (TPSA) is 84.4 Å². The minimum atomic E-state index is -3.59. The number of aromatic nitrogens is 2. The lowest BCUT2D eigenvalue weighted by atomic mass is 10.2. The predicted molar refractivity (Wildman–Crippen MR) is 95.0 cm³/mol. The number of aryl methyl sites for hydroxylation is 2. The molecule has 1 aromatic carbocycles. The highest BCUT2D eigenvalue weighted by Gasteiger charge is 2.18. The normalized spacial score (nSPS) is 15.4. The fourth-order valence-electron chi connectivity index (χ4n) is 2.75. The molecule has 7 nitrogen and oxygen atoms in total. The first-order valence-electron chi connectivity index (χ1n) is 8.17. The number of hydrogen-bond donors (Lipinski definition) is 1. The van der Waals surface area contributed by atoms with Crippen LogP contribution in [0.4, 0.5) is 5.95 Å². The highest BCUT2D eigenvalue weighted by atomic mass is 32.2. The van der Waals surface area contributed by atoms with Gasteiger partial charge in [-0.3, -0.25) is 0 Å². The summed E-state index contributed by atoms with van der Waals surface area (Å²) in [5.74, 6) is 0.603. The number of rotatable bonds is 5. The van der Waals surface area contributed by atoms with Gasteiger partial charge < -0.3 is 9.64 Å². The number of nitrogens with zero attached hydrogens (tertiary/aromatic N) is 3. The molecule has 134 valence electrons. The molecule has 2 aromatic rings. The summed E-state index contributed by atoms with van der Waals surface area (Å²) in [7, 11) is -3.59. The lowest BCUT2D eigenvalue weighted by Gasteiger charge is -2.26. The third-order valence-corrected chi connectivity index (χ3v) is 5.62. The first kappa shape index (κ1) is 17.8. The fraction of sp³-hybridized carbons (Fsp3) is 0.412. The van der Waals surface area contributed by atoms with Crippen LogP contribution in [-0.2, 0) is 21.3 Å². The number of morpholine rings is 1. The second-order valence-corrected chi connectivity index (χ2v) is 7.78. The number of ether oxygens (including phenoxy) is 1. The van der Waals surface area contributed by atoms with Crippen LogP contribution in [0, 0.1) is 13.8 Å². The SMILES string of the molecule is Cc1ccc(S(=O)(=O)NCc2ccnc(N3CCOCC3)n2)c(C)c1. The monoisotopic (exact) mass is 362 g/mol. The van der Waals surface area contributed by atoms with Crippen molar-refractivity contribution < 1.29 is 13.2 Å². The maximum atomic E-state index is 12.5. The lowest BCUT2D eigenvalue weighted by Crippen LogP contribution is -2.37. The van der Waals surface area contributed by atoms with Gasteiger partial charge >= 0.3 is 0 Å². The third-order valence-electron chi connectivity index (χ3n) is 4.06. The van der Waals surface area contributed by atoms with Crippen LogP contribution in [0.15, 0.2) is 35.4 Å². The summed E-state index contributed by atoms with van der Waals surface area (Å²) in [6.07, 6.45) is 1.65. The molecule has 0 bridgehead atoms. The van der Waals surface area contributed by atoms with Crippen LogP contribution >= 0.6 is 0 Å². The minimum Gasteiger partial charge on any atom is -0.378 e. The molecule has 0 unspecified atom stereocenters. The van der Waals surface area contributed by atoms with Crippen molar-refractivity contribution in [2.45, 2.75) is 25.3 Å². The van der Waals surface area contributed by atoms with Crippen LogP contribution in [0.3, 0.4) is 0 Å². The van der Waals surface area contributed by atoms with Gasteiger partial charge in [-0.15, -0.1) is 0 Å². The van der Waals surface area contributed by atoms with Crippen LogP contribution in [0.5, 0.6) is 0 Å². The molecule has 0 amide bonds. The Bertz CT molecular complexity index is 849. The Balaban J connectivity index is 1.72. The van der Waals surface area contributed by atoms with E-state index in [0.717, 1.165) is 24.2 Å². The quantitative estimate of drug-likeness (QED) is 0.866. The zero-order valence-corrected chi connectivity index (χ0v) is 15.2. The predicted octanol–water partition coefficient (Wildman–Crippen LogP) is 1.41. The minimum absolute atomic E-state index is 0.121. The van der Waals surface area contributed by atoms with Crippen molar-refractivity contribution in [3.8, 4) is 0 Å². The standard InChI is InChI=1S/C17H22N4O3S/c1-13-3-4-16(14(2)11-13)25(22,23)19-12-15-5-6-18-17(20-15)21-7-9-24-10-8-21/h3-6,11,19H,7-10,12H2,1-2H3. The molecule has 1 aromatic heterocycles. The Labute approximate surface area is 148 Å². The average molecular weight is 362 g/mol. The summed E-state index contributed by atoms with van der Waals surface area (Å²) >= 11 is 0. The molecule has 0 saturated carbocycles. The van der Waals surface area contributed by atoms with Crippen LogP contribution in [-0.4, -0.2) is 44.7 Å². The molecule has 0 aliphatic carbocycles. The molecule has 0 atom stereocenters. The van der Waals surface area contributed by atoms with E-state index in [-0.39, 0.29) is 6.54 Å². The van der Waals surface area contributed by atoms with Gasteiger partial charge in [-0.2, -0.15) is 0 Å². The number of sulfonamides is 1. The maximum absolute atomic E-state index is 12.5. The lowest BCUT2D eigenvalue weighted by molar-refractivity contribution is 0.122. The molecule has 0 spiro atoms. The molecule has 1 N–H and O–H groups in total. The number of hydrogen-bond acceptors (Lipinski definition) is 6. The first-order chi connectivity index (χ1) is 12.0. The Morgan fingerprint density at radius 1 is 1.20 bits per heavy atom. The van der Waals surface area contributed by atoms with Crippen molar-refractivity contribution >= 4 is 16.0 Å². The molecule has 1 saturated heterocycles. The van der Waals surface area contributed by atoms with Gasteiger partial charge in [0.25, 0.3) is 0 Å². The van der Waals surface area contributed by atoms with Crippen molar-refractivity contribution in [1.29, 1.82) is 0 Å². The summed E-state index contributed by atoms with van der Waals surface area (Å²) < 4.78 is 33.0. The van der Waals surface area contributed by atoms with Crippen molar-refractivity contribution in [2.24, 2.45) is 0 Å². The number of anilines is 1. The molecule has 3 rings (SSSR count). The largest absolute Gasteiger partial charge is 0.378 e. The van der Waals surface area contributed by atoms with E-state index in [9.17, 15) is 8.42 Å². The van der Waals surface area contributed by atoms with E-state index in [1.807, 2.05) is 17.9 Å². The Kier molecular flexibility index (Phi) is 5.31. The number of benzene rings is 1. The van der Waals surface area contributed by atoms with E-state index in [1.54, 1.807) is 31.3 Å².